The molecule has 128 valence electrons. The Balaban J connectivity index is 1.61. The number of aromatic nitrogens is 1. The lowest BCUT2D eigenvalue weighted by Gasteiger charge is -2.28. The van der Waals surface area contributed by atoms with E-state index in [1.807, 2.05) is 23.1 Å². The maximum Gasteiger partial charge on any atom is 0.410 e. The van der Waals surface area contributed by atoms with Crippen LogP contribution in [-0.4, -0.2) is 28.6 Å². The van der Waals surface area contributed by atoms with Gasteiger partial charge in [-0.2, -0.15) is 0 Å². The lowest BCUT2D eigenvalue weighted by Crippen LogP contribution is -2.37. The van der Waals surface area contributed by atoms with Crippen molar-refractivity contribution in [3.8, 4) is 0 Å². The first-order chi connectivity index (χ1) is 12.1. The van der Waals surface area contributed by atoms with Crippen molar-refractivity contribution < 1.29 is 9.53 Å². The van der Waals surface area contributed by atoms with Gasteiger partial charge in [0, 0.05) is 17.1 Å². The lowest BCUT2D eigenvalue weighted by molar-refractivity contribution is 0.147. The summed E-state index contributed by atoms with van der Waals surface area (Å²) in [7, 11) is 0. The minimum atomic E-state index is -0.225. The fourth-order valence-corrected chi connectivity index (χ4v) is 3.72. The van der Waals surface area contributed by atoms with Gasteiger partial charge in [0.05, 0.1) is 12.1 Å². The van der Waals surface area contributed by atoms with Crippen molar-refractivity contribution >= 4 is 17.0 Å². The van der Waals surface area contributed by atoms with Crippen LogP contribution in [0, 0.1) is 6.92 Å². The van der Waals surface area contributed by atoms with Crippen LogP contribution in [0.25, 0.3) is 10.9 Å². The zero-order chi connectivity index (χ0) is 17.4. The van der Waals surface area contributed by atoms with Gasteiger partial charge < -0.3 is 9.72 Å². The van der Waals surface area contributed by atoms with Crippen LogP contribution in [0.2, 0.25) is 0 Å². The zero-order valence-corrected chi connectivity index (χ0v) is 14.5. The van der Waals surface area contributed by atoms with E-state index >= 15 is 0 Å². The van der Waals surface area contributed by atoms with Gasteiger partial charge in [-0.1, -0.05) is 42.5 Å². The number of ether oxygens (including phenoxy) is 1. The Kier molecular flexibility index (Phi) is 3.96. The first-order valence-electron chi connectivity index (χ1n) is 8.70. The molecule has 4 nitrogen and oxygen atoms in total. The number of hydrogen-bond donors (Lipinski definition) is 1. The Bertz CT molecular complexity index is 901. The number of benzene rings is 2. The second-order valence-corrected chi connectivity index (χ2v) is 6.79. The quantitative estimate of drug-likeness (QED) is 0.758. The Morgan fingerprint density at radius 1 is 1.24 bits per heavy atom. The van der Waals surface area contributed by atoms with Crippen molar-refractivity contribution in [2.24, 2.45) is 0 Å². The third-order valence-electron chi connectivity index (χ3n) is 5.08. The van der Waals surface area contributed by atoms with Gasteiger partial charge >= 0.3 is 6.09 Å². The highest BCUT2D eigenvalue weighted by Crippen LogP contribution is 2.30. The number of nitrogens with zero attached hydrogens (tertiary/aromatic N) is 1. The number of nitrogens with one attached hydrogen (secondary N) is 1. The molecule has 1 saturated heterocycles. The van der Waals surface area contributed by atoms with Crippen molar-refractivity contribution in [2.45, 2.75) is 32.4 Å². The third kappa shape index (κ3) is 2.88. The molecule has 2 atom stereocenters. The molecule has 4 heteroatoms. The van der Waals surface area contributed by atoms with Crippen molar-refractivity contribution in [2.75, 3.05) is 6.61 Å². The summed E-state index contributed by atoms with van der Waals surface area (Å²) in [5, 5.41) is 1.22. The van der Waals surface area contributed by atoms with Gasteiger partial charge in [-0.25, -0.2) is 4.79 Å². The molecule has 4 rings (SSSR count). The monoisotopic (exact) mass is 334 g/mol. The van der Waals surface area contributed by atoms with Gasteiger partial charge in [-0.3, -0.25) is 4.90 Å². The normalized spacial score (nSPS) is 18.6. The van der Waals surface area contributed by atoms with Crippen LogP contribution in [0.5, 0.6) is 0 Å². The van der Waals surface area contributed by atoms with Crippen LogP contribution in [0.4, 0.5) is 4.79 Å². The molecule has 0 radical (unpaired) electrons. The fraction of sp³-hybridized carbons (Fsp3) is 0.286. The molecule has 0 aliphatic carbocycles. The summed E-state index contributed by atoms with van der Waals surface area (Å²) in [6, 6.07) is 16.6. The first-order valence-corrected chi connectivity index (χ1v) is 8.70. The number of cyclic esters (lactones) is 1. The van der Waals surface area contributed by atoms with Crippen LogP contribution in [-0.2, 0) is 11.2 Å². The second kappa shape index (κ2) is 6.28. The highest BCUT2D eigenvalue weighted by molar-refractivity contribution is 5.84. The van der Waals surface area contributed by atoms with E-state index < -0.39 is 0 Å². The summed E-state index contributed by atoms with van der Waals surface area (Å²) >= 11 is 0. The van der Waals surface area contributed by atoms with Crippen LogP contribution in [0.1, 0.15) is 29.7 Å². The molecular weight excluding hydrogens is 312 g/mol. The lowest BCUT2D eigenvalue weighted by atomic mass is 10.0. The molecule has 0 spiro atoms. The summed E-state index contributed by atoms with van der Waals surface area (Å²) in [5.41, 5.74) is 4.73. The van der Waals surface area contributed by atoms with E-state index in [9.17, 15) is 4.79 Å². The van der Waals surface area contributed by atoms with Gasteiger partial charge in [0.2, 0.25) is 0 Å². The number of aryl methyl sites for hydroxylation is 1. The van der Waals surface area contributed by atoms with Crippen LogP contribution >= 0.6 is 0 Å². The summed E-state index contributed by atoms with van der Waals surface area (Å²) in [5.74, 6) is 0. The van der Waals surface area contributed by atoms with E-state index in [1.165, 1.54) is 16.5 Å². The van der Waals surface area contributed by atoms with Crippen LogP contribution in [0.3, 0.4) is 0 Å². The molecule has 2 heterocycles. The van der Waals surface area contributed by atoms with Crippen molar-refractivity contribution in [3.05, 3.63) is 71.4 Å². The molecule has 1 aliphatic heterocycles. The second-order valence-electron chi connectivity index (χ2n) is 6.79. The first kappa shape index (κ1) is 15.8. The molecule has 1 aliphatic rings. The number of carbonyl (C=O) groups is 1. The summed E-state index contributed by atoms with van der Waals surface area (Å²) in [4.78, 5) is 17.6. The number of amides is 1. The van der Waals surface area contributed by atoms with Gasteiger partial charge in [0.15, 0.2) is 0 Å². The van der Waals surface area contributed by atoms with E-state index in [2.05, 4.69) is 55.4 Å². The smallest absolute Gasteiger partial charge is 0.410 e. The van der Waals surface area contributed by atoms with E-state index in [1.54, 1.807) is 0 Å². The Morgan fingerprint density at radius 2 is 2.04 bits per heavy atom. The standard InChI is InChI=1S/C21H22N2O2/c1-14-8-9-19-17(12-22-20(19)10-14)11-18-13-25-21(24)23(18)15(2)16-6-4-3-5-7-16/h3-10,12,15,18,22H,11,13H2,1-2H3/t15-,18-/m0/s1. The predicted molar refractivity (Wildman–Crippen MR) is 98.6 cm³/mol. The number of hydrogen-bond acceptors (Lipinski definition) is 2. The number of H-pyrrole nitrogens is 1. The van der Waals surface area contributed by atoms with E-state index in [4.69, 9.17) is 4.74 Å². The molecule has 1 N–H and O–H groups in total. The molecule has 0 unspecified atom stereocenters. The molecule has 1 aromatic heterocycles. The molecule has 25 heavy (non-hydrogen) atoms. The fourth-order valence-electron chi connectivity index (χ4n) is 3.72. The summed E-state index contributed by atoms with van der Waals surface area (Å²) in [6.45, 7) is 4.59. The number of aromatic amines is 1. The SMILES string of the molecule is Cc1ccc2c(C[C@H]3COC(=O)N3[C@@H](C)c3ccccc3)c[nH]c2c1. The highest BCUT2D eigenvalue weighted by atomic mass is 16.6. The van der Waals surface area contributed by atoms with E-state index in [0.717, 1.165) is 17.5 Å². The number of carbonyl (C=O) groups excluding carboxylic acids is 1. The molecule has 1 fully saturated rings. The minimum Gasteiger partial charge on any atom is -0.447 e. The van der Waals surface area contributed by atoms with Crippen LogP contribution < -0.4 is 0 Å². The molecule has 0 bridgehead atoms. The maximum absolute atomic E-state index is 12.3. The van der Waals surface area contributed by atoms with Gasteiger partial charge in [-0.15, -0.1) is 0 Å². The third-order valence-corrected chi connectivity index (χ3v) is 5.08. The van der Waals surface area contributed by atoms with Crippen molar-refractivity contribution in [1.82, 2.24) is 9.88 Å². The largest absolute Gasteiger partial charge is 0.447 e. The molecular formula is C21H22N2O2. The Morgan fingerprint density at radius 3 is 2.84 bits per heavy atom. The van der Waals surface area contributed by atoms with Gasteiger partial charge in [0.1, 0.15) is 6.61 Å². The minimum absolute atomic E-state index is 0.00588. The Labute approximate surface area is 147 Å². The average Bonchev–Trinajstić information content (AvgIpc) is 3.19. The van der Waals surface area contributed by atoms with Gasteiger partial charge in [-0.05, 0) is 43.0 Å². The predicted octanol–water partition coefficient (Wildman–Crippen LogP) is 4.60. The topological polar surface area (TPSA) is 45.3 Å². The molecule has 0 saturated carbocycles. The maximum atomic E-state index is 12.3. The Hall–Kier alpha value is -2.75. The number of rotatable bonds is 4. The zero-order valence-electron chi connectivity index (χ0n) is 14.5. The van der Waals surface area contributed by atoms with Crippen molar-refractivity contribution in [3.63, 3.8) is 0 Å². The average molecular weight is 334 g/mol. The van der Waals surface area contributed by atoms with Crippen molar-refractivity contribution in [1.29, 1.82) is 0 Å². The molecule has 1 amide bonds. The number of fused-ring (bicyclic) bond motifs is 1. The van der Waals surface area contributed by atoms with E-state index in [0.29, 0.717) is 6.61 Å². The van der Waals surface area contributed by atoms with E-state index in [-0.39, 0.29) is 18.2 Å². The molecule has 3 aromatic rings. The summed E-state index contributed by atoms with van der Waals surface area (Å²) in [6.07, 6.45) is 2.61. The van der Waals surface area contributed by atoms with Gasteiger partial charge in [0.25, 0.3) is 0 Å². The van der Waals surface area contributed by atoms with Crippen LogP contribution in [0.15, 0.2) is 54.7 Å². The highest BCUT2D eigenvalue weighted by Gasteiger charge is 2.37. The molecule has 2 aromatic carbocycles. The summed E-state index contributed by atoms with van der Waals surface area (Å²) < 4.78 is 5.38.